The molecule has 18 heavy (non-hydrogen) atoms. The first kappa shape index (κ1) is 14.2. The molecular formula is C13H25N3OS. The number of thioether (sulfide) groups is 1. The monoisotopic (exact) mass is 271 g/mol. The van der Waals surface area contributed by atoms with E-state index in [0.717, 1.165) is 37.7 Å². The Morgan fingerprint density at radius 2 is 2.22 bits per heavy atom. The molecule has 104 valence electrons. The normalized spacial score (nSPS) is 28.9. The maximum atomic E-state index is 12.0. The van der Waals surface area contributed by atoms with Crippen molar-refractivity contribution in [3.05, 3.63) is 0 Å². The van der Waals surface area contributed by atoms with Gasteiger partial charge in [-0.15, -0.1) is 0 Å². The van der Waals surface area contributed by atoms with Gasteiger partial charge in [-0.3, -0.25) is 4.79 Å². The van der Waals surface area contributed by atoms with E-state index in [1.807, 2.05) is 11.8 Å². The Morgan fingerprint density at radius 1 is 1.50 bits per heavy atom. The molecule has 0 radical (unpaired) electrons. The van der Waals surface area contributed by atoms with Crippen LogP contribution in [0.15, 0.2) is 0 Å². The zero-order chi connectivity index (χ0) is 13.0. The predicted octanol–water partition coefficient (Wildman–Crippen LogP) is 0.540. The number of piperidine rings is 1. The quantitative estimate of drug-likeness (QED) is 0.786. The third-order valence-electron chi connectivity index (χ3n) is 4.12. The van der Waals surface area contributed by atoms with Crippen LogP contribution in [0.25, 0.3) is 0 Å². The summed E-state index contributed by atoms with van der Waals surface area (Å²) < 4.78 is 0. The summed E-state index contributed by atoms with van der Waals surface area (Å²) in [5.74, 6) is 2.21. The zero-order valence-electron chi connectivity index (χ0n) is 11.5. The van der Waals surface area contributed by atoms with Gasteiger partial charge in [0.15, 0.2) is 0 Å². The van der Waals surface area contributed by atoms with Crippen LogP contribution in [0.5, 0.6) is 0 Å². The Labute approximate surface area is 114 Å². The van der Waals surface area contributed by atoms with Gasteiger partial charge >= 0.3 is 0 Å². The fourth-order valence-electron chi connectivity index (χ4n) is 2.49. The lowest BCUT2D eigenvalue weighted by Gasteiger charge is -2.38. The highest BCUT2D eigenvalue weighted by Gasteiger charge is 2.30. The molecule has 0 aromatic rings. The molecule has 0 saturated carbocycles. The molecule has 0 aliphatic carbocycles. The first-order valence-corrected chi connectivity index (χ1v) is 8.02. The van der Waals surface area contributed by atoms with E-state index < -0.39 is 0 Å². The van der Waals surface area contributed by atoms with E-state index in [1.165, 1.54) is 12.8 Å². The van der Waals surface area contributed by atoms with E-state index in [2.05, 4.69) is 29.5 Å². The van der Waals surface area contributed by atoms with E-state index >= 15 is 0 Å². The number of likely N-dealkylation sites (tertiary alicyclic amines) is 1. The van der Waals surface area contributed by atoms with E-state index in [1.54, 1.807) is 0 Å². The van der Waals surface area contributed by atoms with Crippen molar-refractivity contribution in [1.82, 2.24) is 15.5 Å². The number of carbonyl (C=O) groups excluding carboxylic acids is 1. The maximum absolute atomic E-state index is 12.0. The lowest BCUT2D eigenvalue weighted by molar-refractivity contribution is -0.123. The number of nitrogens with zero attached hydrogens (tertiary/aromatic N) is 1. The molecular weight excluding hydrogens is 246 g/mol. The molecule has 5 heteroatoms. The largest absolute Gasteiger partial charge is 0.354 e. The van der Waals surface area contributed by atoms with Gasteiger partial charge in [0.05, 0.1) is 6.04 Å². The second-order valence-electron chi connectivity index (χ2n) is 5.91. The van der Waals surface area contributed by atoms with Gasteiger partial charge in [0.1, 0.15) is 0 Å². The van der Waals surface area contributed by atoms with Crippen molar-refractivity contribution in [2.75, 3.05) is 44.7 Å². The second kappa shape index (κ2) is 6.26. The van der Waals surface area contributed by atoms with E-state index in [4.69, 9.17) is 0 Å². The molecule has 0 aromatic carbocycles. The van der Waals surface area contributed by atoms with Gasteiger partial charge in [0.2, 0.25) is 5.91 Å². The van der Waals surface area contributed by atoms with Gasteiger partial charge in [-0.1, -0.05) is 6.92 Å². The Kier molecular flexibility index (Phi) is 4.92. The predicted molar refractivity (Wildman–Crippen MR) is 77.0 cm³/mol. The molecule has 0 bridgehead atoms. The van der Waals surface area contributed by atoms with E-state index in [0.29, 0.717) is 0 Å². The minimum atomic E-state index is 0.0126. The van der Waals surface area contributed by atoms with Crippen LogP contribution in [0.4, 0.5) is 0 Å². The highest BCUT2D eigenvalue weighted by atomic mass is 32.2. The van der Waals surface area contributed by atoms with Crippen LogP contribution < -0.4 is 10.6 Å². The number of hydrogen-bond donors (Lipinski definition) is 2. The van der Waals surface area contributed by atoms with Crippen LogP contribution in [-0.2, 0) is 4.79 Å². The standard InChI is InChI=1S/C13H25N3OS/c1-13(3-6-16(2)7-4-13)10-15-12(17)11-9-18-8-5-14-11/h11,14H,3-10H2,1-2H3,(H,15,17). The Morgan fingerprint density at radius 3 is 2.83 bits per heavy atom. The van der Waals surface area contributed by atoms with Crippen LogP contribution in [-0.4, -0.2) is 61.6 Å². The van der Waals surface area contributed by atoms with Crippen LogP contribution in [0.3, 0.4) is 0 Å². The minimum absolute atomic E-state index is 0.0126. The SMILES string of the molecule is CN1CCC(C)(CNC(=O)C2CSCCN2)CC1. The van der Waals surface area contributed by atoms with Gasteiger partial charge in [-0.2, -0.15) is 11.8 Å². The first-order chi connectivity index (χ1) is 8.59. The average molecular weight is 271 g/mol. The molecule has 2 rings (SSSR count). The fraction of sp³-hybridized carbons (Fsp3) is 0.923. The minimum Gasteiger partial charge on any atom is -0.354 e. The summed E-state index contributed by atoms with van der Waals surface area (Å²) in [5.41, 5.74) is 0.282. The second-order valence-corrected chi connectivity index (χ2v) is 7.06. The van der Waals surface area contributed by atoms with E-state index in [9.17, 15) is 4.79 Å². The smallest absolute Gasteiger partial charge is 0.238 e. The number of hydrogen-bond acceptors (Lipinski definition) is 4. The average Bonchev–Trinajstić information content (AvgIpc) is 2.41. The van der Waals surface area contributed by atoms with Crippen molar-refractivity contribution >= 4 is 17.7 Å². The topological polar surface area (TPSA) is 44.4 Å². The summed E-state index contributed by atoms with van der Waals surface area (Å²) in [4.78, 5) is 14.4. The third kappa shape index (κ3) is 3.87. The molecule has 2 fully saturated rings. The van der Waals surface area contributed by atoms with Gasteiger partial charge in [0, 0.05) is 24.6 Å². The third-order valence-corrected chi connectivity index (χ3v) is 5.18. The van der Waals surface area contributed by atoms with Crippen LogP contribution in [0.1, 0.15) is 19.8 Å². The summed E-state index contributed by atoms with van der Waals surface area (Å²) in [5, 5.41) is 6.43. The van der Waals surface area contributed by atoms with Crippen molar-refractivity contribution in [1.29, 1.82) is 0 Å². The molecule has 1 amide bonds. The van der Waals surface area contributed by atoms with Crippen LogP contribution in [0.2, 0.25) is 0 Å². The van der Waals surface area contributed by atoms with E-state index in [-0.39, 0.29) is 17.4 Å². The van der Waals surface area contributed by atoms with Crippen molar-refractivity contribution in [2.24, 2.45) is 5.41 Å². The molecule has 2 aliphatic rings. The van der Waals surface area contributed by atoms with Crippen molar-refractivity contribution in [3.8, 4) is 0 Å². The number of carbonyl (C=O) groups is 1. The lowest BCUT2D eigenvalue weighted by atomic mass is 9.80. The molecule has 2 N–H and O–H groups in total. The Bertz CT molecular complexity index is 284. The molecule has 1 atom stereocenters. The van der Waals surface area contributed by atoms with Crippen molar-refractivity contribution in [2.45, 2.75) is 25.8 Å². The van der Waals surface area contributed by atoms with Gasteiger partial charge in [-0.05, 0) is 38.4 Å². The molecule has 1 unspecified atom stereocenters. The lowest BCUT2D eigenvalue weighted by Crippen LogP contribution is -2.51. The van der Waals surface area contributed by atoms with Crippen LogP contribution in [0, 0.1) is 5.41 Å². The highest BCUT2D eigenvalue weighted by molar-refractivity contribution is 7.99. The number of rotatable bonds is 3. The molecule has 0 aromatic heterocycles. The van der Waals surface area contributed by atoms with Gasteiger partial charge in [-0.25, -0.2) is 0 Å². The summed E-state index contributed by atoms with van der Waals surface area (Å²) in [6, 6.07) is 0.0126. The summed E-state index contributed by atoms with van der Waals surface area (Å²) in [7, 11) is 2.17. The number of nitrogens with one attached hydrogen (secondary N) is 2. The molecule has 2 aliphatic heterocycles. The maximum Gasteiger partial charge on any atom is 0.238 e. The number of amides is 1. The Hall–Kier alpha value is -0.260. The zero-order valence-corrected chi connectivity index (χ0v) is 12.3. The van der Waals surface area contributed by atoms with Gasteiger partial charge < -0.3 is 15.5 Å². The summed E-state index contributed by atoms with van der Waals surface area (Å²) in [6.07, 6.45) is 2.35. The summed E-state index contributed by atoms with van der Waals surface area (Å²) in [6.45, 7) is 6.35. The van der Waals surface area contributed by atoms with Crippen LogP contribution >= 0.6 is 11.8 Å². The molecule has 4 nitrogen and oxygen atoms in total. The van der Waals surface area contributed by atoms with Crippen molar-refractivity contribution in [3.63, 3.8) is 0 Å². The summed E-state index contributed by atoms with van der Waals surface area (Å²) >= 11 is 1.86. The fourth-order valence-corrected chi connectivity index (χ4v) is 3.43. The molecule has 2 heterocycles. The van der Waals surface area contributed by atoms with Crippen molar-refractivity contribution < 1.29 is 4.79 Å². The highest BCUT2D eigenvalue weighted by Crippen LogP contribution is 2.29. The van der Waals surface area contributed by atoms with Gasteiger partial charge in [0.25, 0.3) is 0 Å². The Balaban J connectivity index is 1.74. The first-order valence-electron chi connectivity index (χ1n) is 6.86. The molecule has 0 spiro atoms. The molecule has 2 saturated heterocycles.